The second-order valence-electron chi connectivity index (χ2n) is 5.51. The first-order chi connectivity index (χ1) is 8.10. The van der Waals surface area contributed by atoms with Crippen molar-refractivity contribution in [3.8, 4) is 0 Å². The molecular formula is C13H16O4. The maximum atomic E-state index is 11.8. The Balaban J connectivity index is 1.89. The van der Waals surface area contributed by atoms with Crippen molar-refractivity contribution in [1.29, 1.82) is 0 Å². The summed E-state index contributed by atoms with van der Waals surface area (Å²) < 4.78 is 11.0. The van der Waals surface area contributed by atoms with Gasteiger partial charge in [-0.15, -0.1) is 0 Å². The minimum atomic E-state index is -0.478. The number of rotatable bonds is 2. The van der Waals surface area contributed by atoms with Gasteiger partial charge in [0.2, 0.25) is 0 Å². The van der Waals surface area contributed by atoms with Crippen LogP contribution >= 0.6 is 0 Å². The number of hydrogen-bond acceptors (Lipinski definition) is 4. The summed E-state index contributed by atoms with van der Waals surface area (Å²) >= 11 is 0. The van der Waals surface area contributed by atoms with E-state index < -0.39 is 5.60 Å². The van der Waals surface area contributed by atoms with E-state index in [4.69, 9.17) is 9.47 Å². The first-order valence-electron chi connectivity index (χ1n) is 6.16. The molecule has 4 aliphatic rings. The molecular weight excluding hydrogens is 220 g/mol. The summed E-state index contributed by atoms with van der Waals surface area (Å²) in [5.41, 5.74) is -0.478. The fraction of sp³-hybridized carbons (Fsp3) is 0.692. The topological polar surface area (TPSA) is 52.6 Å². The zero-order chi connectivity index (χ0) is 12.0. The summed E-state index contributed by atoms with van der Waals surface area (Å²) in [7, 11) is 0. The molecule has 4 rings (SSSR count). The van der Waals surface area contributed by atoms with Gasteiger partial charge in [0.1, 0.15) is 11.7 Å². The molecule has 4 unspecified atom stereocenters. The molecule has 4 nitrogen and oxygen atoms in total. The maximum absolute atomic E-state index is 11.8. The Morgan fingerprint density at radius 3 is 3.00 bits per heavy atom. The number of carbonyl (C=O) groups excluding carboxylic acids is 2. The van der Waals surface area contributed by atoms with Gasteiger partial charge in [0.25, 0.3) is 0 Å². The normalized spacial score (nSPS) is 42.8. The van der Waals surface area contributed by atoms with Crippen LogP contribution in [0.2, 0.25) is 0 Å². The summed E-state index contributed by atoms with van der Waals surface area (Å²) in [6.07, 6.45) is 5.10. The van der Waals surface area contributed by atoms with Crippen LogP contribution in [0.5, 0.6) is 0 Å². The zero-order valence-electron chi connectivity index (χ0n) is 9.69. The molecule has 4 atom stereocenters. The van der Waals surface area contributed by atoms with Crippen molar-refractivity contribution in [3.63, 3.8) is 0 Å². The highest BCUT2D eigenvalue weighted by Crippen LogP contribution is 2.51. The summed E-state index contributed by atoms with van der Waals surface area (Å²) in [5, 5.41) is 0. The van der Waals surface area contributed by atoms with E-state index in [9.17, 15) is 9.59 Å². The Morgan fingerprint density at radius 2 is 2.24 bits per heavy atom. The third-order valence-electron chi connectivity index (χ3n) is 4.19. The molecule has 92 valence electrons. The molecule has 0 spiro atoms. The van der Waals surface area contributed by atoms with E-state index in [2.05, 4.69) is 6.58 Å². The van der Waals surface area contributed by atoms with Gasteiger partial charge in [-0.2, -0.15) is 0 Å². The number of carbonyl (C=O) groups is 2. The van der Waals surface area contributed by atoms with E-state index in [1.165, 1.54) is 6.08 Å². The molecule has 2 saturated heterocycles. The van der Waals surface area contributed by atoms with E-state index in [1.54, 1.807) is 0 Å². The molecule has 0 aromatic rings. The number of hydrogen-bond donors (Lipinski definition) is 0. The third-order valence-corrected chi connectivity index (χ3v) is 4.19. The van der Waals surface area contributed by atoms with Gasteiger partial charge in [-0.3, -0.25) is 4.79 Å². The van der Waals surface area contributed by atoms with Gasteiger partial charge in [0, 0.05) is 18.9 Å². The largest absolute Gasteiger partial charge is 0.462 e. The van der Waals surface area contributed by atoms with Gasteiger partial charge in [-0.25, -0.2) is 4.79 Å². The van der Waals surface area contributed by atoms with Crippen LogP contribution in [0.25, 0.3) is 0 Å². The SMILES string of the molecule is C=CC(=O)OC12CC3CC(C1)OC(=O)C(C3)C2. The average Bonchev–Trinajstić information content (AvgIpc) is 2.41. The lowest BCUT2D eigenvalue weighted by atomic mass is 9.65. The minimum Gasteiger partial charge on any atom is -0.462 e. The Bertz CT molecular complexity index is 389. The molecule has 0 N–H and O–H groups in total. The fourth-order valence-electron chi connectivity index (χ4n) is 3.75. The van der Waals surface area contributed by atoms with Crippen LogP contribution in [-0.2, 0) is 19.1 Å². The second-order valence-corrected chi connectivity index (χ2v) is 5.51. The van der Waals surface area contributed by atoms with Crippen molar-refractivity contribution < 1.29 is 19.1 Å². The van der Waals surface area contributed by atoms with Gasteiger partial charge in [-0.1, -0.05) is 6.58 Å². The van der Waals surface area contributed by atoms with Gasteiger partial charge in [0.15, 0.2) is 0 Å². The lowest BCUT2D eigenvalue weighted by Gasteiger charge is -2.45. The molecule has 0 aromatic heterocycles. The van der Waals surface area contributed by atoms with Gasteiger partial charge in [0.05, 0.1) is 5.92 Å². The summed E-state index contributed by atoms with van der Waals surface area (Å²) in [4.78, 5) is 23.2. The summed E-state index contributed by atoms with van der Waals surface area (Å²) in [5.74, 6) is -0.122. The van der Waals surface area contributed by atoms with Crippen LogP contribution in [0, 0.1) is 11.8 Å². The Labute approximate surface area is 100.0 Å². The van der Waals surface area contributed by atoms with E-state index in [1.807, 2.05) is 0 Å². The van der Waals surface area contributed by atoms with Crippen molar-refractivity contribution in [2.75, 3.05) is 0 Å². The van der Waals surface area contributed by atoms with Gasteiger partial charge >= 0.3 is 11.9 Å². The average molecular weight is 236 g/mol. The van der Waals surface area contributed by atoms with Gasteiger partial charge < -0.3 is 9.47 Å². The standard InChI is InChI=1S/C13H16O4/c1-2-11(14)17-13-5-8-3-9(6-13)12(15)16-10(4-8)7-13/h2,8-10H,1,3-7H2. The molecule has 2 heterocycles. The van der Waals surface area contributed by atoms with Gasteiger partial charge in [-0.05, 0) is 25.2 Å². The number of fused-ring (bicyclic) bond motifs is 1. The minimum absolute atomic E-state index is 0.0636. The molecule has 17 heavy (non-hydrogen) atoms. The predicted molar refractivity (Wildman–Crippen MR) is 59.0 cm³/mol. The van der Waals surface area contributed by atoms with Crippen LogP contribution in [0.1, 0.15) is 32.1 Å². The van der Waals surface area contributed by atoms with E-state index in [-0.39, 0.29) is 24.0 Å². The molecule has 4 bridgehead atoms. The molecule has 2 aliphatic heterocycles. The Hall–Kier alpha value is -1.32. The molecule has 2 aliphatic carbocycles. The first-order valence-corrected chi connectivity index (χ1v) is 6.16. The molecule has 0 amide bonds. The fourth-order valence-corrected chi connectivity index (χ4v) is 3.75. The van der Waals surface area contributed by atoms with Crippen LogP contribution in [0.4, 0.5) is 0 Å². The van der Waals surface area contributed by atoms with E-state index in [0.717, 1.165) is 19.3 Å². The highest BCUT2D eigenvalue weighted by molar-refractivity contribution is 5.82. The predicted octanol–water partition coefficient (Wildman–Crippen LogP) is 1.59. The monoisotopic (exact) mass is 236 g/mol. The summed E-state index contributed by atoms with van der Waals surface area (Å²) in [6, 6.07) is 0. The van der Waals surface area contributed by atoms with Crippen LogP contribution < -0.4 is 0 Å². The van der Waals surface area contributed by atoms with Crippen molar-refractivity contribution in [3.05, 3.63) is 12.7 Å². The lowest BCUT2D eigenvalue weighted by molar-refractivity contribution is -0.167. The molecule has 2 saturated carbocycles. The van der Waals surface area contributed by atoms with E-state index in [0.29, 0.717) is 18.8 Å². The molecule has 0 aromatic carbocycles. The lowest BCUT2D eigenvalue weighted by Crippen LogP contribution is -2.47. The third kappa shape index (κ3) is 1.75. The quantitative estimate of drug-likeness (QED) is 0.539. The Kier molecular flexibility index (Phi) is 2.28. The second kappa shape index (κ2) is 3.59. The van der Waals surface area contributed by atoms with E-state index >= 15 is 0 Å². The molecule has 4 heteroatoms. The van der Waals surface area contributed by atoms with Crippen molar-refractivity contribution in [2.45, 2.75) is 43.8 Å². The number of esters is 2. The highest BCUT2D eigenvalue weighted by Gasteiger charge is 2.54. The van der Waals surface area contributed by atoms with Crippen molar-refractivity contribution >= 4 is 11.9 Å². The Morgan fingerprint density at radius 1 is 1.41 bits per heavy atom. The zero-order valence-corrected chi connectivity index (χ0v) is 9.69. The number of ether oxygens (including phenoxy) is 2. The van der Waals surface area contributed by atoms with Crippen LogP contribution in [-0.4, -0.2) is 23.6 Å². The van der Waals surface area contributed by atoms with Crippen molar-refractivity contribution in [2.24, 2.45) is 11.8 Å². The van der Waals surface area contributed by atoms with Crippen LogP contribution in [0.15, 0.2) is 12.7 Å². The molecule has 4 fully saturated rings. The maximum Gasteiger partial charge on any atom is 0.330 e. The molecule has 0 radical (unpaired) electrons. The smallest absolute Gasteiger partial charge is 0.330 e. The van der Waals surface area contributed by atoms with Crippen LogP contribution in [0.3, 0.4) is 0 Å². The highest BCUT2D eigenvalue weighted by atomic mass is 16.6. The first kappa shape index (κ1) is 10.8. The summed E-state index contributed by atoms with van der Waals surface area (Å²) in [6.45, 7) is 3.42. The van der Waals surface area contributed by atoms with Crippen molar-refractivity contribution in [1.82, 2.24) is 0 Å².